The van der Waals surface area contributed by atoms with Gasteiger partial charge in [0.25, 0.3) is 0 Å². The van der Waals surface area contributed by atoms with Crippen molar-refractivity contribution >= 4 is 16.7 Å². The smallest absolute Gasteiger partial charge is 0.235 e. The number of hydrogen-bond donors (Lipinski definition) is 0. The molecule has 0 radical (unpaired) electrons. The number of benzene rings is 1. The summed E-state index contributed by atoms with van der Waals surface area (Å²) in [4.78, 5) is 18.4. The van der Waals surface area contributed by atoms with Crippen molar-refractivity contribution in [3.8, 4) is 11.5 Å². The van der Waals surface area contributed by atoms with Gasteiger partial charge in [0.15, 0.2) is 0 Å². The molecule has 2 heterocycles. The highest BCUT2D eigenvalue weighted by Crippen LogP contribution is 2.23. The van der Waals surface area contributed by atoms with Gasteiger partial charge in [-0.2, -0.15) is 0 Å². The maximum atomic E-state index is 12.4. The van der Waals surface area contributed by atoms with E-state index in [1.807, 2.05) is 31.2 Å². The van der Waals surface area contributed by atoms with E-state index >= 15 is 0 Å². The summed E-state index contributed by atoms with van der Waals surface area (Å²) in [7, 11) is -1.32. The molecular weight excluding hydrogens is 352 g/mol. The molecule has 0 saturated carbocycles. The summed E-state index contributed by atoms with van der Waals surface area (Å²) in [5.41, 5.74) is 2.79. The molecular formula is C19H24N2O4S. The van der Waals surface area contributed by atoms with Gasteiger partial charge >= 0.3 is 0 Å². The first-order valence-electron chi connectivity index (χ1n) is 8.83. The zero-order chi connectivity index (χ0) is 18.5. The number of rotatable bonds is 6. The van der Waals surface area contributed by atoms with Crippen LogP contribution in [0.5, 0.6) is 0 Å². The number of oxazole rings is 1. The Bertz CT molecular complexity index is 779. The molecule has 3 rings (SSSR count). The monoisotopic (exact) mass is 376 g/mol. The van der Waals surface area contributed by atoms with Gasteiger partial charge in [-0.05, 0) is 31.0 Å². The number of nitrogens with zero attached hydrogens (tertiary/aromatic N) is 2. The van der Waals surface area contributed by atoms with Crippen LogP contribution in [0.25, 0.3) is 11.5 Å². The van der Waals surface area contributed by atoms with E-state index in [2.05, 4.69) is 11.9 Å². The standard InChI is InChI=1S/C19H24N2O4S/c1-3-15-4-6-16(7-5-15)19-20-17(14(2)25-19)12-26(23)13-18(22)21-8-10-24-11-9-21/h4-7H,3,8-13H2,1-2H3/t26-/m1/s1. The number of amides is 1. The molecule has 0 N–H and O–H groups in total. The molecule has 1 fully saturated rings. The minimum atomic E-state index is -1.32. The second kappa shape index (κ2) is 8.60. The Kier molecular flexibility index (Phi) is 6.21. The Hall–Kier alpha value is -1.99. The third-order valence-electron chi connectivity index (χ3n) is 4.45. The summed E-state index contributed by atoms with van der Waals surface area (Å²) in [6, 6.07) is 8.06. The molecule has 1 amide bonds. The summed E-state index contributed by atoms with van der Waals surface area (Å²) < 4.78 is 23.4. The molecule has 6 nitrogen and oxygen atoms in total. The number of aromatic nitrogens is 1. The highest BCUT2D eigenvalue weighted by Gasteiger charge is 2.21. The molecule has 0 unspecified atom stereocenters. The fourth-order valence-electron chi connectivity index (χ4n) is 2.81. The summed E-state index contributed by atoms with van der Waals surface area (Å²) >= 11 is 0. The second-order valence-corrected chi connectivity index (χ2v) is 7.75. The number of aryl methyl sites for hydroxylation is 2. The molecule has 1 aromatic heterocycles. The van der Waals surface area contributed by atoms with E-state index in [1.54, 1.807) is 4.90 Å². The third-order valence-corrected chi connectivity index (χ3v) is 5.61. The first kappa shape index (κ1) is 18.8. The highest BCUT2D eigenvalue weighted by molar-refractivity contribution is 7.84. The fraction of sp³-hybridized carbons (Fsp3) is 0.474. The van der Waals surface area contributed by atoms with E-state index in [1.165, 1.54) is 5.56 Å². The molecule has 26 heavy (non-hydrogen) atoms. The summed E-state index contributed by atoms with van der Waals surface area (Å²) in [6.45, 7) is 6.14. The van der Waals surface area contributed by atoms with Gasteiger partial charge in [-0.15, -0.1) is 0 Å². The quantitative estimate of drug-likeness (QED) is 0.774. The van der Waals surface area contributed by atoms with Crippen molar-refractivity contribution in [3.05, 3.63) is 41.3 Å². The Morgan fingerprint density at radius 3 is 2.58 bits per heavy atom. The Balaban J connectivity index is 1.63. The lowest BCUT2D eigenvalue weighted by Gasteiger charge is -2.26. The highest BCUT2D eigenvalue weighted by atomic mass is 32.2. The largest absolute Gasteiger partial charge is 0.441 e. The van der Waals surface area contributed by atoms with Crippen molar-refractivity contribution < 1.29 is 18.2 Å². The maximum Gasteiger partial charge on any atom is 0.235 e. The first-order chi connectivity index (χ1) is 12.6. The normalized spacial score (nSPS) is 15.8. The third kappa shape index (κ3) is 4.59. The van der Waals surface area contributed by atoms with E-state index in [9.17, 15) is 9.00 Å². The predicted octanol–water partition coefficient (Wildman–Crippen LogP) is 2.32. The van der Waals surface area contributed by atoms with Crippen LogP contribution in [-0.2, 0) is 32.5 Å². The molecule has 0 aliphatic carbocycles. The predicted molar refractivity (Wildman–Crippen MR) is 100 cm³/mol. The van der Waals surface area contributed by atoms with Gasteiger partial charge in [-0.1, -0.05) is 19.1 Å². The minimum absolute atomic E-state index is 0.00678. The van der Waals surface area contributed by atoms with E-state index in [0.717, 1.165) is 12.0 Å². The van der Waals surface area contributed by atoms with Crippen LogP contribution in [0.3, 0.4) is 0 Å². The number of carbonyl (C=O) groups excluding carboxylic acids is 1. The van der Waals surface area contributed by atoms with Crippen molar-refractivity contribution in [1.82, 2.24) is 9.88 Å². The molecule has 2 aromatic rings. The van der Waals surface area contributed by atoms with Crippen LogP contribution < -0.4 is 0 Å². The molecule has 1 atom stereocenters. The van der Waals surface area contributed by atoms with E-state index in [0.29, 0.717) is 43.6 Å². The minimum Gasteiger partial charge on any atom is -0.441 e. The molecule has 1 aromatic carbocycles. The molecule has 7 heteroatoms. The first-order valence-corrected chi connectivity index (χ1v) is 10.3. The van der Waals surface area contributed by atoms with Crippen molar-refractivity contribution in [1.29, 1.82) is 0 Å². The number of ether oxygens (including phenoxy) is 1. The average molecular weight is 376 g/mol. The number of carbonyl (C=O) groups is 1. The van der Waals surface area contributed by atoms with Crippen LogP contribution in [0.4, 0.5) is 0 Å². The maximum absolute atomic E-state index is 12.4. The van der Waals surface area contributed by atoms with E-state index < -0.39 is 10.8 Å². The lowest BCUT2D eigenvalue weighted by atomic mass is 10.1. The van der Waals surface area contributed by atoms with Gasteiger partial charge in [-0.25, -0.2) is 4.98 Å². The molecule has 1 saturated heterocycles. The van der Waals surface area contributed by atoms with Crippen molar-refractivity contribution in [2.24, 2.45) is 0 Å². The van der Waals surface area contributed by atoms with Crippen molar-refractivity contribution in [2.75, 3.05) is 32.1 Å². The van der Waals surface area contributed by atoms with Crippen LogP contribution in [-0.4, -0.2) is 52.1 Å². The van der Waals surface area contributed by atoms with Crippen molar-refractivity contribution in [2.45, 2.75) is 26.0 Å². The van der Waals surface area contributed by atoms with E-state index in [4.69, 9.17) is 9.15 Å². The lowest BCUT2D eigenvalue weighted by Crippen LogP contribution is -2.42. The Morgan fingerprint density at radius 1 is 1.23 bits per heavy atom. The fourth-order valence-corrected chi connectivity index (χ4v) is 3.95. The average Bonchev–Trinajstić information content (AvgIpc) is 3.02. The van der Waals surface area contributed by atoms with Crippen molar-refractivity contribution in [3.63, 3.8) is 0 Å². The van der Waals surface area contributed by atoms with Gasteiger partial charge in [0, 0.05) is 29.5 Å². The van der Waals surface area contributed by atoms with Gasteiger partial charge in [-0.3, -0.25) is 9.00 Å². The molecule has 0 spiro atoms. The SMILES string of the molecule is CCc1ccc(-c2nc(C[S@@](=O)CC(=O)N3CCOCC3)c(C)o2)cc1. The van der Waals surface area contributed by atoms with Crippen LogP contribution in [0.1, 0.15) is 23.9 Å². The van der Waals surface area contributed by atoms with Gasteiger partial charge < -0.3 is 14.1 Å². The zero-order valence-electron chi connectivity index (χ0n) is 15.2. The Morgan fingerprint density at radius 2 is 1.92 bits per heavy atom. The van der Waals surface area contributed by atoms with Crippen LogP contribution in [0.2, 0.25) is 0 Å². The van der Waals surface area contributed by atoms with Crippen LogP contribution >= 0.6 is 0 Å². The molecule has 1 aliphatic heterocycles. The molecule has 0 bridgehead atoms. The van der Waals surface area contributed by atoms with Gasteiger partial charge in [0.2, 0.25) is 11.8 Å². The second-order valence-electron chi connectivity index (χ2n) is 6.29. The van der Waals surface area contributed by atoms with E-state index in [-0.39, 0.29) is 17.4 Å². The lowest BCUT2D eigenvalue weighted by molar-refractivity contribution is -0.132. The van der Waals surface area contributed by atoms with Crippen LogP contribution in [0.15, 0.2) is 28.7 Å². The Labute approximate surface area is 156 Å². The summed E-state index contributed by atoms with van der Waals surface area (Å²) in [6.07, 6.45) is 0.978. The van der Waals surface area contributed by atoms with Gasteiger partial charge in [0.1, 0.15) is 11.5 Å². The van der Waals surface area contributed by atoms with Crippen LogP contribution in [0, 0.1) is 6.92 Å². The number of hydrogen-bond acceptors (Lipinski definition) is 5. The zero-order valence-corrected chi connectivity index (χ0v) is 16.0. The summed E-state index contributed by atoms with van der Waals surface area (Å²) in [5, 5.41) is 0. The number of morpholine rings is 1. The summed E-state index contributed by atoms with van der Waals surface area (Å²) in [5.74, 6) is 1.30. The molecule has 140 valence electrons. The van der Waals surface area contributed by atoms with Gasteiger partial charge in [0.05, 0.1) is 24.7 Å². The topological polar surface area (TPSA) is 72.6 Å². The molecule has 1 aliphatic rings.